The summed E-state index contributed by atoms with van der Waals surface area (Å²) in [4.78, 5) is 34.7. The van der Waals surface area contributed by atoms with E-state index in [1.165, 1.54) is 0 Å². The summed E-state index contributed by atoms with van der Waals surface area (Å²) in [6.07, 6.45) is 0. The molecule has 1 fully saturated rings. The maximum absolute atomic E-state index is 13.0. The summed E-state index contributed by atoms with van der Waals surface area (Å²) in [5.41, 5.74) is 1.82. The Hall–Kier alpha value is -3.26. The molecule has 0 unspecified atom stereocenters. The fourth-order valence-electron chi connectivity index (χ4n) is 4.11. The number of hydrogen-bond acceptors (Lipinski definition) is 7. The molecule has 1 saturated heterocycles. The smallest absolute Gasteiger partial charge is 0.321 e. The van der Waals surface area contributed by atoms with Crippen LogP contribution in [0, 0.1) is 5.92 Å². The quantitative estimate of drug-likeness (QED) is 0.534. The van der Waals surface area contributed by atoms with E-state index in [0.29, 0.717) is 24.1 Å². The molecule has 1 amide bonds. The van der Waals surface area contributed by atoms with E-state index in [1.54, 1.807) is 38.3 Å². The summed E-state index contributed by atoms with van der Waals surface area (Å²) < 4.78 is 10.5. The molecule has 0 aliphatic carbocycles. The third-order valence-electron chi connectivity index (χ3n) is 5.84. The molecule has 2 aliphatic rings. The lowest BCUT2D eigenvalue weighted by molar-refractivity contribution is -0.153. The van der Waals surface area contributed by atoms with E-state index in [1.807, 2.05) is 23.1 Å². The number of halogens is 1. The molecule has 2 aromatic rings. The molecule has 2 aliphatic heterocycles. The highest BCUT2D eigenvalue weighted by Crippen LogP contribution is 2.32. The summed E-state index contributed by atoms with van der Waals surface area (Å²) in [6.45, 7) is 4.77. The van der Waals surface area contributed by atoms with Gasteiger partial charge in [0.2, 0.25) is 11.9 Å². The zero-order valence-electron chi connectivity index (χ0n) is 18.7. The minimum atomic E-state index is -1.05. The second kappa shape index (κ2) is 10.1. The van der Waals surface area contributed by atoms with E-state index < -0.39 is 23.8 Å². The van der Waals surface area contributed by atoms with Crippen molar-refractivity contribution in [2.24, 2.45) is 10.9 Å². The van der Waals surface area contributed by atoms with Gasteiger partial charge in [0.25, 0.3) is 0 Å². The van der Waals surface area contributed by atoms with Gasteiger partial charge in [-0.3, -0.25) is 14.9 Å². The van der Waals surface area contributed by atoms with Crippen molar-refractivity contribution >= 4 is 35.1 Å². The molecule has 9 heteroatoms. The number of piperazine rings is 1. The highest BCUT2D eigenvalue weighted by molar-refractivity contribution is 6.30. The van der Waals surface area contributed by atoms with Gasteiger partial charge in [0, 0.05) is 43.0 Å². The first kappa shape index (κ1) is 22.9. The summed E-state index contributed by atoms with van der Waals surface area (Å²) in [5.74, 6) is -0.748. The van der Waals surface area contributed by atoms with Crippen molar-refractivity contribution in [3.8, 4) is 5.75 Å². The molecule has 0 bridgehead atoms. The Balaban J connectivity index is 1.54. The predicted molar refractivity (Wildman–Crippen MR) is 127 cm³/mol. The largest absolute Gasteiger partial charge is 0.497 e. The van der Waals surface area contributed by atoms with Crippen molar-refractivity contribution in [3.63, 3.8) is 0 Å². The van der Waals surface area contributed by atoms with Gasteiger partial charge >= 0.3 is 5.97 Å². The van der Waals surface area contributed by atoms with Crippen LogP contribution in [-0.4, -0.2) is 62.6 Å². The highest BCUT2D eigenvalue weighted by atomic mass is 35.5. The maximum Gasteiger partial charge on any atom is 0.321 e. The Bertz CT molecular complexity index is 1040. The molecule has 174 valence electrons. The van der Waals surface area contributed by atoms with E-state index in [-0.39, 0.29) is 6.61 Å². The molecule has 33 heavy (non-hydrogen) atoms. The number of carbonyl (C=O) groups is 2. The third-order valence-corrected chi connectivity index (χ3v) is 6.10. The molecule has 0 saturated carbocycles. The standard InChI is InChI=1S/C24H27ClN4O4/c1-3-33-23(31)20-21(16-7-9-17(25)10-8-16)26-24(27-22(20)30)29-13-11-28(12-14-29)18-5-4-6-19(15-18)32-2/h4-10,15,20-21H,3,11-14H2,1-2H3,(H,26,27,30)/t20-,21+/m1/s1. The molecular formula is C24H27ClN4O4. The zero-order valence-corrected chi connectivity index (χ0v) is 19.4. The molecule has 1 N–H and O–H groups in total. The Kier molecular flexibility index (Phi) is 7.03. The molecule has 0 spiro atoms. The first-order chi connectivity index (χ1) is 16.0. The third kappa shape index (κ3) is 5.06. The lowest BCUT2D eigenvalue weighted by Crippen LogP contribution is -2.57. The van der Waals surface area contributed by atoms with Crippen molar-refractivity contribution in [2.45, 2.75) is 13.0 Å². The van der Waals surface area contributed by atoms with Gasteiger partial charge in [-0.25, -0.2) is 4.99 Å². The van der Waals surface area contributed by atoms with Gasteiger partial charge in [-0.2, -0.15) is 0 Å². The summed E-state index contributed by atoms with van der Waals surface area (Å²) in [7, 11) is 1.65. The molecular weight excluding hydrogens is 444 g/mol. The van der Waals surface area contributed by atoms with Crippen LogP contribution in [0.4, 0.5) is 5.69 Å². The van der Waals surface area contributed by atoms with Crippen LogP contribution in [0.15, 0.2) is 53.5 Å². The maximum atomic E-state index is 13.0. The second-order valence-corrected chi connectivity index (χ2v) is 8.28. The van der Waals surface area contributed by atoms with Gasteiger partial charge in [0.05, 0.1) is 13.7 Å². The Labute approximate surface area is 198 Å². The Morgan fingerprint density at radius 1 is 1.12 bits per heavy atom. The van der Waals surface area contributed by atoms with Crippen molar-refractivity contribution in [1.82, 2.24) is 10.2 Å². The highest BCUT2D eigenvalue weighted by Gasteiger charge is 2.42. The average Bonchev–Trinajstić information content (AvgIpc) is 2.84. The summed E-state index contributed by atoms with van der Waals surface area (Å²) >= 11 is 6.03. The number of amides is 1. The van der Waals surface area contributed by atoms with Crippen LogP contribution in [0.5, 0.6) is 5.75 Å². The molecule has 0 aromatic heterocycles. The van der Waals surface area contributed by atoms with Gasteiger partial charge in [-0.15, -0.1) is 0 Å². The molecule has 4 rings (SSSR count). The fourth-order valence-corrected chi connectivity index (χ4v) is 4.24. The Morgan fingerprint density at radius 2 is 1.82 bits per heavy atom. The number of aliphatic imine (C=N–C) groups is 1. The van der Waals surface area contributed by atoms with Crippen LogP contribution in [0.1, 0.15) is 18.5 Å². The van der Waals surface area contributed by atoms with Gasteiger partial charge in [-0.1, -0.05) is 29.8 Å². The number of guanidine groups is 1. The van der Waals surface area contributed by atoms with Crippen LogP contribution in [0.25, 0.3) is 0 Å². The molecule has 2 aromatic carbocycles. The first-order valence-electron chi connectivity index (χ1n) is 10.9. The van der Waals surface area contributed by atoms with Crippen LogP contribution in [0.2, 0.25) is 5.02 Å². The number of rotatable bonds is 5. The van der Waals surface area contributed by atoms with E-state index in [9.17, 15) is 9.59 Å². The number of nitrogens with one attached hydrogen (secondary N) is 1. The van der Waals surface area contributed by atoms with Gasteiger partial charge < -0.3 is 19.3 Å². The van der Waals surface area contributed by atoms with Crippen molar-refractivity contribution in [3.05, 3.63) is 59.1 Å². The van der Waals surface area contributed by atoms with Crippen LogP contribution < -0.4 is 15.0 Å². The molecule has 0 radical (unpaired) electrons. The van der Waals surface area contributed by atoms with Crippen LogP contribution in [-0.2, 0) is 14.3 Å². The number of methoxy groups -OCH3 is 1. The van der Waals surface area contributed by atoms with Crippen molar-refractivity contribution < 1.29 is 19.1 Å². The van der Waals surface area contributed by atoms with Gasteiger partial charge in [0.15, 0.2) is 5.92 Å². The number of carbonyl (C=O) groups excluding carboxylic acids is 2. The SMILES string of the molecule is CCOC(=O)[C@H]1C(=O)NC(N2CCN(c3cccc(OC)c3)CC2)=N[C@H]1c1ccc(Cl)cc1. The fraction of sp³-hybridized carbons (Fsp3) is 0.375. The van der Waals surface area contributed by atoms with E-state index in [0.717, 1.165) is 30.1 Å². The topological polar surface area (TPSA) is 83.5 Å². The number of anilines is 1. The van der Waals surface area contributed by atoms with E-state index >= 15 is 0 Å². The zero-order chi connectivity index (χ0) is 23.4. The predicted octanol–water partition coefficient (Wildman–Crippen LogP) is 2.88. The Morgan fingerprint density at radius 3 is 2.48 bits per heavy atom. The second-order valence-electron chi connectivity index (χ2n) is 7.84. The van der Waals surface area contributed by atoms with Crippen molar-refractivity contribution in [1.29, 1.82) is 0 Å². The average molecular weight is 471 g/mol. The van der Waals surface area contributed by atoms with E-state index in [2.05, 4.69) is 16.3 Å². The summed E-state index contributed by atoms with van der Waals surface area (Å²) in [5, 5.41) is 3.40. The first-order valence-corrected chi connectivity index (χ1v) is 11.3. The van der Waals surface area contributed by atoms with Gasteiger partial charge in [0.1, 0.15) is 11.8 Å². The number of ether oxygens (including phenoxy) is 2. The monoisotopic (exact) mass is 470 g/mol. The number of esters is 1. The number of hydrogen-bond donors (Lipinski definition) is 1. The van der Waals surface area contributed by atoms with Crippen molar-refractivity contribution in [2.75, 3.05) is 44.8 Å². The van der Waals surface area contributed by atoms with Crippen LogP contribution >= 0.6 is 11.6 Å². The normalized spacial score (nSPS) is 20.7. The summed E-state index contributed by atoms with van der Waals surface area (Å²) in [6, 6.07) is 14.3. The lowest BCUT2D eigenvalue weighted by atomic mass is 9.91. The number of nitrogens with zero attached hydrogens (tertiary/aromatic N) is 3. The molecule has 8 nitrogen and oxygen atoms in total. The van der Waals surface area contributed by atoms with E-state index in [4.69, 9.17) is 26.1 Å². The van der Waals surface area contributed by atoms with Crippen LogP contribution in [0.3, 0.4) is 0 Å². The minimum Gasteiger partial charge on any atom is -0.497 e. The minimum absolute atomic E-state index is 0.193. The lowest BCUT2D eigenvalue weighted by Gasteiger charge is -2.39. The van der Waals surface area contributed by atoms with Gasteiger partial charge in [-0.05, 0) is 36.8 Å². The molecule has 2 atom stereocenters. The number of benzene rings is 2. The molecule has 2 heterocycles.